The summed E-state index contributed by atoms with van der Waals surface area (Å²) in [5.74, 6) is 0.196. The van der Waals surface area contributed by atoms with Gasteiger partial charge in [-0.05, 0) is 24.6 Å². The second kappa shape index (κ2) is 3.62. The number of aryl methyl sites for hydroxylation is 1. The largest absolute Gasteiger partial charge is 0.336 e. The first-order chi connectivity index (χ1) is 8.24. The highest BCUT2D eigenvalue weighted by atomic mass is 19.1. The van der Waals surface area contributed by atoms with Gasteiger partial charge in [0, 0.05) is 18.0 Å². The average molecular weight is 228 g/mol. The van der Waals surface area contributed by atoms with Crippen LogP contribution in [0.5, 0.6) is 0 Å². The molecule has 17 heavy (non-hydrogen) atoms. The van der Waals surface area contributed by atoms with Crippen molar-refractivity contribution in [1.82, 2.24) is 19.9 Å². The molecule has 3 rings (SSSR count). The number of rotatable bonds is 1. The van der Waals surface area contributed by atoms with Gasteiger partial charge < -0.3 is 4.98 Å². The maximum atomic E-state index is 13.1. The quantitative estimate of drug-likeness (QED) is 0.696. The molecule has 0 aromatic carbocycles. The van der Waals surface area contributed by atoms with E-state index in [9.17, 15) is 4.39 Å². The van der Waals surface area contributed by atoms with Crippen molar-refractivity contribution in [2.24, 2.45) is 0 Å². The van der Waals surface area contributed by atoms with Gasteiger partial charge in [-0.2, -0.15) is 0 Å². The summed E-state index contributed by atoms with van der Waals surface area (Å²) < 4.78 is 13.1. The Kier molecular flexibility index (Phi) is 2.11. The topological polar surface area (TPSA) is 54.5 Å². The predicted molar refractivity (Wildman–Crippen MR) is 61.8 cm³/mol. The molecule has 0 amide bonds. The molecule has 0 radical (unpaired) electrons. The van der Waals surface area contributed by atoms with Crippen LogP contribution in [0.25, 0.3) is 22.6 Å². The first-order valence-corrected chi connectivity index (χ1v) is 5.16. The fraction of sp³-hybridized carbons (Fsp3) is 0.0833. The summed E-state index contributed by atoms with van der Waals surface area (Å²) >= 11 is 0. The third kappa shape index (κ3) is 1.65. The van der Waals surface area contributed by atoms with Crippen LogP contribution in [0, 0.1) is 12.7 Å². The van der Waals surface area contributed by atoms with Gasteiger partial charge in [0.05, 0.1) is 11.7 Å². The molecule has 0 aliphatic heterocycles. The second-order valence-electron chi connectivity index (χ2n) is 3.80. The molecule has 0 aliphatic rings. The lowest BCUT2D eigenvalue weighted by Crippen LogP contribution is -1.84. The van der Waals surface area contributed by atoms with Crippen LogP contribution in [-0.2, 0) is 0 Å². The number of imidazole rings is 1. The van der Waals surface area contributed by atoms with Gasteiger partial charge in [0.15, 0.2) is 5.65 Å². The Morgan fingerprint density at radius 2 is 2.18 bits per heavy atom. The van der Waals surface area contributed by atoms with Crippen molar-refractivity contribution in [2.75, 3.05) is 0 Å². The van der Waals surface area contributed by atoms with E-state index in [-0.39, 0.29) is 5.82 Å². The summed E-state index contributed by atoms with van der Waals surface area (Å²) in [5, 5.41) is 0. The van der Waals surface area contributed by atoms with Crippen LogP contribution < -0.4 is 0 Å². The summed E-state index contributed by atoms with van der Waals surface area (Å²) in [6, 6.07) is 3.29. The molecule has 0 bridgehead atoms. The molecule has 4 nitrogen and oxygen atoms in total. The molecule has 3 aromatic heterocycles. The van der Waals surface area contributed by atoms with Crippen LogP contribution >= 0.6 is 0 Å². The van der Waals surface area contributed by atoms with Crippen LogP contribution in [0.4, 0.5) is 4.39 Å². The van der Waals surface area contributed by atoms with Gasteiger partial charge in [-0.15, -0.1) is 0 Å². The third-order valence-electron chi connectivity index (χ3n) is 2.58. The highest BCUT2D eigenvalue weighted by molar-refractivity contribution is 5.78. The molecule has 0 aliphatic carbocycles. The van der Waals surface area contributed by atoms with E-state index in [1.807, 2.05) is 13.0 Å². The number of halogens is 1. The van der Waals surface area contributed by atoms with Crippen LogP contribution in [0.15, 0.2) is 30.7 Å². The number of aromatic nitrogens is 4. The third-order valence-corrected chi connectivity index (χ3v) is 2.58. The SMILES string of the molecule is Cc1ccnc2nc(-c3cncc(F)c3)[nH]c12. The van der Waals surface area contributed by atoms with E-state index in [4.69, 9.17) is 0 Å². The zero-order chi connectivity index (χ0) is 11.8. The minimum Gasteiger partial charge on any atom is -0.336 e. The fourth-order valence-electron chi connectivity index (χ4n) is 1.71. The summed E-state index contributed by atoms with van der Waals surface area (Å²) in [4.78, 5) is 15.4. The van der Waals surface area contributed by atoms with Gasteiger partial charge in [-0.25, -0.2) is 14.4 Å². The lowest BCUT2D eigenvalue weighted by atomic mass is 10.2. The highest BCUT2D eigenvalue weighted by Gasteiger charge is 2.08. The first kappa shape index (κ1) is 9.89. The number of aromatic amines is 1. The standard InChI is InChI=1S/C12H9FN4/c1-7-2-3-15-12-10(7)16-11(17-12)8-4-9(13)6-14-5-8/h2-6H,1H3,(H,15,16,17). The van der Waals surface area contributed by atoms with Gasteiger partial charge in [0.1, 0.15) is 11.6 Å². The van der Waals surface area contributed by atoms with Crippen molar-refractivity contribution >= 4 is 11.2 Å². The summed E-state index contributed by atoms with van der Waals surface area (Å²) in [6.07, 6.45) is 4.43. The minimum absolute atomic E-state index is 0.382. The van der Waals surface area contributed by atoms with Crippen LogP contribution in [0.3, 0.4) is 0 Å². The smallest absolute Gasteiger partial charge is 0.178 e. The Bertz CT molecular complexity index is 690. The van der Waals surface area contributed by atoms with Crippen molar-refractivity contribution in [3.63, 3.8) is 0 Å². The zero-order valence-corrected chi connectivity index (χ0v) is 9.11. The molecule has 0 saturated carbocycles. The van der Waals surface area contributed by atoms with E-state index in [0.29, 0.717) is 17.0 Å². The van der Waals surface area contributed by atoms with Gasteiger partial charge in [0.25, 0.3) is 0 Å². The summed E-state index contributed by atoms with van der Waals surface area (Å²) in [6.45, 7) is 1.97. The molecule has 84 valence electrons. The second-order valence-corrected chi connectivity index (χ2v) is 3.80. The zero-order valence-electron chi connectivity index (χ0n) is 9.11. The van der Waals surface area contributed by atoms with Crippen molar-refractivity contribution < 1.29 is 4.39 Å². The molecule has 5 heteroatoms. The molecule has 1 N–H and O–H groups in total. The van der Waals surface area contributed by atoms with Crippen molar-refractivity contribution in [2.45, 2.75) is 6.92 Å². The van der Waals surface area contributed by atoms with Crippen molar-refractivity contribution in [1.29, 1.82) is 0 Å². The van der Waals surface area contributed by atoms with Gasteiger partial charge >= 0.3 is 0 Å². The number of pyridine rings is 2. The summed E-state index contributed by atoms with van der Waals surface area (Å²) in [7, 11) is 0. The predicted octanol–water partition coefficient (Wildman–Crippen LogP) is 2.47. The fourth-order valence-corrected chi connectivity index (χ4v) is 1.71. The minimum atomic E-state index is -0.382. The number of fused-ring (bicyclic) bond motifs is 1. The number of H-pyrrole nitrogens is 1. The Balaban J connectivity index is 2.22. The molecule has 0 unspecified atom stereocenters. The molecule has 3 heterocycles. The number of hydrogen-bond acceptors (Lipinski definition) is 3. The molecule has 3 aromatic rings. The van der Waals surface area contributed by atoms with Gasteiger partial charge in [0.2, 0.25) is 0 Å². The van der Waals surface area contributed by atoms with E-state index >= 15 is 0 Å². The Hall–Kier alpha value is -2.30. The highest BCUT2D eigenvalue weighted by Crippen LogP contribution is 2.20. The number of hydrogen-bond donors (Lipinski definition) is 1. The first-order valence-electron chi connectivity index (χ1n) is 5.16. The van der Waals surface area contributed by atoms with Gasteiger partial charge in [-0.3, -0.25) is 4.98 Å². The normalized spacial score (nSPS) is 10.9. The lowest BCUT2D eigenvalue weighted by molar-refractivity contribution is 0.622. The van der Waals surface area contributed by atoms with Crippen LogP contribution in [0.2, 0.25) is 0 Å². The van der Waals surface area contributed by atoms with E-state index in [1.165, 1.54) is 6.07 Å². The molecular weight excluding hydrogens is 219 g/mol. The van der Waals surface area contributed by atoms with E-state index in [0.717, 1.165) is 17.3 Å². The number of nitrogens with zero attached hydrogens (tertiary/aromatic N) is 3. The Labute approximate surface area is 96.6 Å². The van der Waals surface area contributed by atoms with E-state index in [2.05, 4.69) is 19.9 Å². The maximum absolute atomic E-state index is 13.1. The van der Waals surface area contributed by atoms with Crippen molar-refractivity contribution in [3.8, 4) is 11.4 Å². The molecule has 0 atom stereocenters. The molecule has 0 spiro atoms. The monoisotopic (exact) mass is 228 g/mol. The summed E-state index contributed by atoms with van der Waals surface area (Å²) in [5.41, 5.74) is 3.16. The average Bonchev–Trinajstić information content (AvgIpc) is 2.74. The van der Waals surface area contributed by atoms with Gasteiger partial charge in [-0.1, -0.05) is 0 Å². The maximum Gasteiger partial charge on any atom is 0.178 e. The molecular formula is C12H9FN4. The Morgan fingerprint density at radius 1 is 1.29 bits per heavy atom. The van der Waals surface area contributed by atoms with Crippen LogP contribution in [0.1, 0.15) is 5.56 Å². The van der Waals surface area contributed by atoms with E-state index in [1.54, 1.807) is 12.4 Å². The molecule has 0 fully saturated rings. The lowest BCUT2D eigenvalue weighted by Gasteiger charge is -1.94. The van der Waals surface area contributed by atoms with Crippen LogP contribution in [-0.4, -0.2) is 19.9 Å². The van der Waals surface area contributed by atoms with Crippen molar-refractivity contribution in [3.05, 3.63) is 42.1 Å². The van der Waals surface area contributed by atoms with E-state index < -0.39 is 0 Å². The number of nitrogens with one attached hydrogen (secondary N) is 1. The Morgan fingerprint density at radius 3 is 2.94 bits per heavy atom. The molecule has 0 saturated heterocycles.